The number of halogens is 3. The fourth-order valence-electron chi connectivity index (χ4n) is 3.09. The van der Waals surface area contributed by atoms with Gasteiger partial charge in [-0.15, -0.1) is 0 Å². The molecule has 2 nitrogen and oxygen atoms in total. The Bertz CT molecular complexity index is 459. The van der Waals surface area contributed by atoms with E-state index in [-0.39, 0.29) is 6.04 Å². The summed E-state index contributed by atoms with van der Waals surface area (Å²) in [6, 6.07) is 5.88. The second-order valence-corrected chi connectivity index (χ2v) is 5.86. The molecule has 1 aliphatic rings. The molecule has 1 aromatic carbocycles. The topological polar surface area (TPSA) is 29.3 Å². The maximum atomic E-state index is 12.8. The number of alkyl halides is 3. The summed E-state index contributed by atoms with van der Waals surface area (Å²) >= 11 is 0. The highest BCUT2D eigenvalue weighted by atomic mass is 19.4. The number of benzene rings is 1. The molecule has 0 aromatic heterocycles. The predicted octanol–water partition coefficient (Wildman–Crippen LogP) is 3.65. The lowest BCUT2D eigenvalue weighted by Crippen LogP contribution is -2.46. The van der Waals surface area contributed by atoms with Crippen LogP contribution in [-0.4, -0.2) is 24.0 Å². The Morgan fingerprint density at radius 1 is 1.33 bits per heavy atom. The van der Waals surface area contributed by atoms with Crippen molar-refractivity contribution in [2.45, 2.75) is 44.9 Å². The molecule has 0 radical (unpaired) electrons. The van der Waals surface area contributed by atoms with E-state index in [0.717, 1.165) is 31.9 Å². The summed E-state index contributed by atoms with van der Waals surface area (Å²) in [4.78, 5) is 2.22. The molecular weight excluding hydrogens is 277 g/mol. The molecule has 5 heteroatoms. The summed E-state index contributed by atoms with van der Waals surface area (Å²) in [7, 11) is 0. The normalized spacial score (nSPS) is 24.2. The van der Waals surface area contributed by atoms with E-state index in [9.17, 15) is 13.2 Å². The molecule has 21 heavy (non-hydrogen) atoms. The molecule has 2 N–H and O–H groups in total. The van der Waals surface area contributed by atoms with Crippen LogP contribution in [0.4, 0.5) is 13.2 Å². The molecule has 1 fully saturated rings. The molecule has 118 valence electrons. The van der Waals surface area contributed by atoms with Crippen molar-refractivity contribution in [1.82, 2.24) is 4.90 Å². The van der Waals surface area contributed by atoms with Gasteiger partial charge in [0, 0.05) is 19.1 Å². The molecule has 1 aromatic rings. The molecule has 1 heterocycles. The number of likely N-dealkylation sites (tertiary alicyclic amines) is 1. The minimum absolute atomic E-state index is 0.276. The number of hydrogen-bond donors (Lipinski definition) is 1. The van der Waals surface area contributed by atoms with Crippen molar-refractivity contribution in [3.05, 3.63) is 35.4 Å². The van der Waals surface area contributed by atoms with E-state index in [4.69, 9.17) is 5.73 Å². The SMILES string of the molecule is CCC1CCN(Cc2cccc(C(F)(F)F)c2)C(CN)C1. The van der Waals surface area contributed by atoms with E-state index >= 15 is 0 Å². The highest BCUT2D eigenvalue weighted by Crippen LogP contribution is 2.31. The molecule has 2 unspecified atom stereocenters. The van der Waals surface area contributed by atoms with Crippen LogP contribution in [0.3, 0.4) is 0 Å². The van der Waals surface area contributed by atoms with Gasteiger partial charge in [-0.05, 0) is 36.9 Å². The first-order valence-electron chi connectivity index (χ1n) is 7.54. The van der Waals surface area contributed by atoms with Crippen LogP contribution in [0.1, 0.15) is 37.3 Å². The maximum Gasteiger partial charge on any atom is 0.416 e. The van der Waals surface area contributed by atoms with Crippen LogP contribution in [0.25, 0.3) is 0 Å². The first-order valence-corrected chi connectivity index (χ1v) is 7.54. The zero-order valence-corrected chi connectivity index (χ0v) is 12.4. The Kier molecular flexibility index (Phi) is 5.27. The molecule has 2 rings (SSSR count). The summed E-state index contributed by atoms with van der Waals surface area (Å²) in [5.74, 6) is 0.691. The van der Waals surface area contributed by atoms with Gasteiger partial charge >= 0.3 is 6.18 Å². The molecule has 2 atom stereocenters. The van der Waals surface area contributed by atoms with Gasteiger partial charge in [0.2, 0.25) is 0 Å². The number of piperidine rings is 1. The van der Waals surface area contributed by atoms with Crippen molar-refractivity contribution in [1.29, 1.82) is 0 Å². The quantitative estimate of drug-likeness (QED) is 0.919. The Labute approximate surface area is 124 Å². The summed E-state index contributed by atoms with van der Waals surface area (Å²) in [6.45, 7) is 4.20. The lowest BCUT2D eigenvalue weighted by atomic mass is 9.88. The van der Waals surface area contributed by atoms with Crippen molar-refractivity contribution in [3.63, 3.8) is 0 Å². The van der Waals surface area contributed by atoms with Crippen molar-refractivity contribution in [2.24, 2.45) is 11.7 Å². The molecule has 0 bridgehead atoms. The lowest BCUT2D eigenvalue weighted by molar-refractivity contribution is -0.137. The summed E-state index contributed by atoms with van der Waals surface area (Å²) in [5, 5.41) is 0. The minimum Gasteiger partial charge on any atom is -0.329 e. The minimum atomic E-state index is -4.28. The van der Waals surface area contributed by atoms with Crippen molar-refractivity contribution in [3.8, 4) is 0 Å². The van der Waals surface area contributed by atoms with Gasteiger partial charge in [0.15, 0.2) is 0 Å². The second-order valence-electron chi connectivity index (χ2n) is 5.86. The Balaban J connectivity index is 2.07. The van der Waals surface area contributed by atoms with Gasteiger partial charge in [-0.25, -0.2) is 0 Å². The van der Waals surface area contributed by atoms with Gasteiger partial charge in [0.05, 0.1) is 5.56 Å². The smallest absolute Gasteiger partial charge is 0.329 e. The molecular formula is C16H23F3N2. The van der Waals surface area contributed by atoms with Gasteiger partial charge < -0.3 is 5.73 Å². The van der Waals surface area contributed by atoms with Crippen LogP contribution in [0, 0.1) is 5.92 Å². The maximum absolute atomic E-state index is 12.8. The van der Waals surface area contributed by atoms with E-state index in [2.05, 4.69) is 11.8 Å². The average Bonchev–Trinajstić information content (AvgIpc) is 2.47. The zero-order valence-electron chi connectivity index (χ0n) is 12.4. The fraction of sp³-hybridized carbons (Fsp3) is 0.625. The van der Waals surface area contributed by atoms with E-state index in [1.165, 1.54) is 12.1 Å². The van der Waals surface area contributed by atoms with E-state index < -0.39 is 11.7 Å². The molecule has 0 amide bonds. The fourth-order valence-corrected chi connectivity index (χ4v) is 3.09. The highest BCUT2D eigenvalue weighted by Gasteiger charge is 2.31. The number of nitrogens with zero attached hydrogens (tertiary/aromatic N) is 1. The Hall–Kier alpha value is -1.07. The Morgan fingerprint density at radius 2 is 2.10 bits per heavy atom. The van der Waals surface area contributed by atoms with Crippen LogP contribution in [-0.2, 0) is 12.7 Å². The van der Waals surface area contributed by atoms with Gasteiger partial charge in [0.1, 0.15) is 0 Å². The van der Waals surface area contributed by atoms with Crippen LogP contribution < -0.4 is 5.73 Å². The molecule has 1 aliphatic heterocycles. The van der Waals surface area contributed by atoms with Gasteiger partial charge in [-0.3, -0.25) is 4.90 Å². The number of rotatable bonds is 4. The number of hydrogen-bond acceptors (Lipinski definition) is 2. The Morgan fingerprint density at radius 3 is 2.71 bits per heavy atom. The molecule has 0 spiro atoms. The largest absolute Gasteiger partial charge is 0.416 e. The van der Waals surface area contributed by atoms with Crippen LogP contribution in [0.5, 0.6) is 0 Å². The summed E-state index contributed by atoms with van der Waals surface area (Å²) < 4.78 is 38.3. The third-order valence-corrected chi connectivity index (χ3v) is 4.44. The van der Waals surface area contributed by atoms with Gasteiger partial charge in [-0.2, -0.15) is 13.2 Å². The van der Waals surface area contributed by atoms with E-state index in [1.54, 1.807) is 6.07 Å². The lowest BCUT2D eigenvalue weighted by Gasteiger charge is -2.39. The predicted molar refractivity (Wildman–Crippen MR) is 77.7 cm³/mol. The van der Waals surface area contributed by atoms with Crippen LogP contribution >= 0.6 is 0 Å². The summed E-state index contributed by atoms with van der Waals surface area (Å²) in [6.07, 6.45) is -0.982. The molecule has 1 saturated heterocycles. The molecule has 0 aliphatic carbocycles. The van der Waals surface area contributed by atoms with E-state index in [1.807, 2.05) is 0 Å². The van der Waals surface area contributed by atoms with E-state index in [0.29, 0.717) is 24.6 Å². The van der Waals surface area contributed by atoms with Gasteiger partial charge in [-0.1, -0.05) is 31.5 Å². The van der Waals surface area contributed by atoms with Crippen molar-refractivity contribution >= 4 is 0 Å². The first kappa shape index (κ1) is 16.3. The third kappa shape index (κ3) is 4.20. The monoisotopic (exact) mass is 300 g/mol. The first-order chi connectivity index (χ1) is 9.94. The third-order valence-electron chi connectivity index (χ3n) is 4.44. The highest BCUT2D eigenvalue weighted by molar-refractivity contribution is 5.25. The van der Waals surface area contributed by atoms with Crippen molar-refractivity contribution in [2.75, 3.05) is 13.1 Å². The summed E-state index contributed by atoms with van der Waals surface area (Å²) in [5.41, 5.74) is 5.97. The van der Waals surface area contributed by atoms with Crippen molar-refractivity contribution < 1.29 is 13.2 Å². The standard InChI is InChI=1S/C16H23F3N2/c1-2-12-6-7-21(15(9-12)10-20)11-13-4-3-5-14(8-13)16(17,18)19/h3-5,8,12,15H,2,6-7,9-11,20H2,1H3. The second kappa shape index (κ2) is 6.79. The van der Waals surface area contributed by atoms with Crippen LogP contribution in [0.2, 0.25) is 0 Å². The van der Waals surface area contributed by atoms with Gasteiger partial charge in [0.25, 0.3) is 0 Å². The number of nitrogens with two attached hydrogens (primary N) is 1. The van der Waals surface area contributed by atoms with Crippen LogP contribution in [0.15, 0.2) is 24.3 Å². The average molecular weight is 300 g/mol. The molecule has 0 saturated carbocycles. The zero-order chi connectivity index (χ0) is 15.5.